The summed E-state index contributed by atoms with van der Waals surface area (Å²) in [6.45, 7) is 5.70. The molecule has 2 aromatic rings. The Morgan fingerprint density at radius 3 is 2.33 bits per heavy atom. The summed E-state index contributed by atoms with van der Waals surface area (Å²) in [5, 5.41) is 19.4. The van der Waals surface area contributed by atoms with Gasteiger partial charge < -0.3 is 14.9 Å². The van der Waals surface area contributed by atoms with Crippen LogP contribution >= 0.6 is 11.6 Å². The third-order valence-electron chi connectivity index (χ3n) is 5.59. The molecule has 3 rings (SSSR count). The summed E-state index contributed by atoms with van der Waals surface area (Å²) in [5.74, 6) is -3.00. The van der Waals surface area contributed by atoms with Crippen LogP contribution in [0.5, 0.6) is 5.75 Å². The largest absolute Gasteiger partial charge is 0.488 e. The van der Waals surface area contributed by atoms with Gasteiger partial charge in [0.05, 0.1) is 11.8 Å². The number of piperidine rings is 1. The van der Waals surface area contributed by atoms with Crippen molar-refractivity contribution in [3.63, 3.8) is 0 Å². The minimum Gasteiger partial charge on any atom is -0.488 e. The summed E-state index contributed by atoms with van der Waals surface area (Å²) >= 11 is 6.20. The summed E-state index contributed by atoms with van der Waals surface area (Å²) in [6.07, 6.45) is 0.337. The number of nitrogens with zero attached hydrogens (tertiary/aromatic N) is 1. The van der Waals surface area contributed by atoms with Crippen LogP contribution in [0.4, 0.5) is 0 Å². The Morgan fingerprint density at radius 2 is 1.73 bits per heavy atom. The van der Waals surface area contributed by atoms with Gasteiger partial charge in [0.2, 0.25) is 0 Å². The second kappa shape index (κ2) is 9.49. The Hall–Kier alpha value is -2.57. The van der Waals surface area contributed by atoms with Crippen molar-refractivity contribution >= 4 is 23.5 Å². The van der Waals surface area contributed by atoms with Crippen LogP contribution in [-0.4, -0.2) is 40.1 Å². The first-order valence-corrected chi connectivity index (χ1v) is 10.3. The summed E-state index contributed by atoms with van der Waals surface area (Å²) in [7, 11) is 0. The van der Waals surface area contributed by atoms with Gasteiger partial charge in [0.1, 0.15) is 12.4 Å². The number of carbonyl (C=O) groups is 2. The maximum absolute atomic E-state index is 11.5. The SMILES string of the molecule is Cc1cc(CN2CCC(C(=O)O)C(C(=O)O)C2)cc(C)c1OCc1ccccc1Cl. The number of hydrogen-bond donors (Lipinski definition) is 2. The van der Waals surface area contributed by atoms with E-state index in [-0.39, 0.29) is 6.54 Å². The highest BCUT2D eigenvalue weighted by Gasteiger charge is 2.38. The quantitative estimate of drug-likeness (QED) is 0.685. The van der Waals surface area contributed by atoms with Crippen LogP contribution in [-0.2, 0) is 22.7 Å². The van der Waals surface area contributed by atoms with Crippen LogP contribution in [0.3, 0.4) is 0 Å². The second-order valence-corrected chi connectivity index (χ2v) is 8.26. The predicted molar refractivity (Wildman–Crippen MR) is 114 cm³/mol. The fourth-order valence-corrected chi connectivity index (χ4v) is 4.28. The molecule has 0 bridgehead atoms. The number of ether oxygens (including phenoxy) is 1. The molecule has 0 radical (unpaired) electrons. The standard InChI is InChI=1S/C23H26ClNO5/c1-14-9-16(11-25-8-7-18(22(26)27)19(12-25)23(28)29)10-15(2)21(14)30-13-17-5-3-4-6-20(17)24/h3-6,9-10,18-19H,7-8,11-13H2,1-2H3,(H,26,27)(H,28,29). The van der Waals surface area contributed by atoms with Crippen molar-refractivity contribution in [2.45, 2.75) is 33.4 Å². The lowest BCUT2D eigenvalue weighted by Crippen LogP contribution is -2.46. The molecule has 0 saturated carbocycles. The van der Waals surface area contributed by atoms with Crippen LogP contribution in [0.2, 0.25) is 5.02 Å². The zero-order chi connectivity index (χ0) is 21.8. The monoisotopic (exact) mass is 431 g/mol. The number of carboxylic acid groups (broad SMARTS) is 2. The summed E-state index contributed by atoms with van der Waals surface area (Å²) in [6, 6.07) is 11.6. The number of halogens is 1. The third kappa shape index (κ3) is 5.12. The Morgan fingerprint density at radius 1 is 1.10 bits per heavy atom. The van der Waals surface area contributed by atoms with E-state index in [4.69, 9.17) is 16.3 Å². The van der Waals surface area contributed by atoms with Crippen LogP contribution in [0, 0.1) is 25.7 Å². The van der Waals surface area contributed by atoms with Gasteiger partial charge in [-0.1, -0.05) is 41.9 Å². The van der Waals surface area contributed by atoms with Gasteiger partial charge in [-0.3, -0.25) is 14.5 Å². The molecule has 0 aliphatic carbocycles. The van der Waals surface area contributed by atoms with Crippen LogP contribution in [0.1, 0.15) is 28.7 Å². The summed E-state index contributed by atoms with van der Waals surface area (Å²) < 4.78 is 6.03. The van der Waals surface area contributed by atoms with E-state index in [2.05, 4.69) is 0 Å². The van der Waals surface area contributed by atoms with Crippen molar-refractivity contribution < 1.29 is 24.5 Å². The van der Waals surface area contributed by atoms with Gasteiger partial charge in [0.15, 0.2) is 0 Å². The fraction of sp³-hybridized carbons (Fsp3) is 0.391. The Balaban J connectivity index is 1.69. The fourth-order valence-electron chi connectivity index (χ4n) is 4.09. The number of carboxylic acids is 2. The average Bonchev–Trinajstić information content (AvgIpc) is 2.68. The molecule has 1 heterocycles. The molecule has 0 spiro atoms. The van der Waals surface area contributed by atoms with Crippen molar-refractivity contribution in [1.29, 1.82) is 0 Å². The molecule has 1 saturated heterocycles. The van der Waals surface area contributed by atoms with E-state index >= 15 is 0 Å². The second-order valence-electron chi connectivity index (χ2n) is 7.85. The van der Waals surface area contributed by atoms with Crippen molar-refractivity contribution in [3.8, 4) is 5.75 Å². The van der Waals surface area contributed by atoms with Crippen LogP contribution in [0.15, 0.2) is 36.4 Å². The van der Waals surface area contributed by atoms with Gasteiger partial charge in [0, 0.05) is 23.7 Å². The van der Waals surface area contributed by atoms with Crippen molar-refractivity contribution in [2.75, 3.05) is 13.1 Å². The molecule has 2 unspecified atom stereocenters. The molecule has 1 aliphatic heterocycles. The molecule has 0 amide bonds. The molecular formula is C23H26ClNO5. The first-order chi connectivity index (χ1) is 14.3. The minimum atomic E-state index is -1.05. The molecule has 6 nitrogen and oxygen atoms in total. The zero-order valence-corrected chi connectivity index (χ0v) is 17.9. The molecular weight excluding hydrogens is 406 g/mol. The van der Waals surface area contributed by atoms with Gasteiger partial charge in [-0.05, 0) is 49.6 Å². The number of aliphatic carboxylic acids is 2. The molecule has 2 atom stereocenters. The van der Waals surface area contributed by atoms with Crippen molar-refractivity contribution in [3.05, 3.63) is 63.7 Å². The molecule has 1 fully saturated rings. The first-order valence-electron chi connectivity index (χ1n) is 9.90. The van der Waals surface area contributed by atoms with Crippen LogP contribution in [0.25, 0.3) is 0 Å². The van der Waals surface area contributed by atoms with Crippen LogP contribution < -0.4 is 4.74 Å². The van der Waals surface area contributed by atoms with E-state index < -0.39 is 23.8 Å². The van der Waals surface area contributed by atoms with Gasteiger partial charge >= 0.3 is 11.9 Å². The average molecular weight is 432 g/mol. The normalized spacial score (nSPS) is 19.4. The molecule has 2 aromatic carbocycles. The minimum absolute atomic E-state index is 0.231. The number of aryl methyl sites for hydroxylation is 2. The van der Waals surface area contributed by atoms with Gasteiger partial charge in [0.25, 0.3) is 0 Å². The van der Waals surface area contributed by atoms with E-state index in [1.807, 2.05) is 55.1 Å². The van der Waals surface area contributed by atoms with E-state index in [1.165, 1.54) is 0 Å². The zero-order valence-electron chi connectivity index (χ0n) is 17.1. The maximum atomic E-state index is 11.5. The molecule has 0 aromatic heterocycles. The highest BCUT2D eigenvalue weighted by molar-refractivity contribution is 6.31. The first kappa shape index (κ1) is 22.1. The molecule has 7 heteroatoms. The Kier molecular flexibility index (Phi) is 7.00. The smallest absolute Gasteiger partial charge is 0.308 e. The number of likely N-dealkylation sites (tertiary alicyclic amines) is 1. The van der Waals surface area contributed by atoms with E-state index in [9.17, 15) is 19.8 Å². The molecule has 30 heavy (non-hydrogen) atoms. The predicted octanol–water partition coefficient (Wildman–Crippen LogP) is 4.14. The lowest BCUT2D eigenvalue weighted by atomic mass is 9.85. The summed E-state index contributed by atoms with van der Waals surface area (Å²) in [5.41, 5.74) is 3.95. The highest BCUT2D eigenvalue weighted by atomic mass is 35.5. The lowest BCUT2D eigenvalue weighted by molar-refractivity contribution is -0.157. The van der Waals surface area contributed by atoms with E-state index in [1.54, 1.807) is 0 Å². The molecule has 2 N–H and O–H groups in total. The lowest BCUT2D eigenvalue weighted by Gasteiger charge is -2.34. The van der Waals surface area contributed by atoms with E-state index in [0.29, 0.717) is 31.1 Å². The van der Waals surface area contributed by atoms with Gasteiger partial charge in [-0.25, -0.2) is 0 Å². The topological polar surface area (TPSA) is 87.1 Å². The maximum Gasteiger partial charge on any atom is 0.308 e. The molecule has 160 valence electrons. The number of hydrogen-bond acceptors (Lipinski definition) is 4. The Bertz CT molecular complexity index is 922. The van der Waals surface area contributed by atoms with Crippen molar-refractivity contribution in [1.82, 2.24) is 4.90 Å². The number of rotatable bonds is 7. The van der Waals surface area contributed by atoms with Crippen molar-refractivity contribution in [2.24, 2.45) is 11.8 Å². The highest BCUT2D eigenvalue weighted by Crippen LogP contribution is 2.29. The summed E-state index contributed by atoms with van der Waals surface area (Å²) in [4.78, 5) is 24.9. The molecule has 1 aliphatic rings. The Labute approximate surface area is 181 Å². The van der Waals surface area contributed by atoms with Gasteiger partial charge in [-0.15, -0.1) is 0 Å². The van der Waals surface area contributed by atoms with Gasteiger partial charge in [-0.2, -0.15) is 0 Å². The third-order valence-corrected chi connectivity index (χ3v) is 5.96. The number of benzene rings is 2. The van der Waals surface area contributed by atoms with E-state index in [0.717, 1.165) is 28.0 Å².